The van der Waals surface area contributed by atoms with Crippen molar-refractivity contribution in [3.05, 3.63) is 43.6 Å². The van der Waals surface area contributed by atoms with Crippen molar-refractivity contribution in [2.24, 2.45) is 0 Å². The Kier molecular flexibility index (Phi) is 5.29. The molecule has 0 aliphatic rings. The van der Waals surface area contributed by atoms with E-state index in [9.17, 15) is 23.3 Å². The van der Waals surface area contributed by atoms with Gasteiger partial charge in [-0.15, -0.1) is 0 Å². The summed E-state index contributed by atoms with van der Waals surface area (Å²) in [6, 6.07) is 5.09. The summed E-state index contributed by atoms with van der Waals surface area (Å²) in [6.45, 7) is 0. The van der Waals surface area contributed by atoms with Crippen LogP contribution in [0.4, 0.5) is 24.5 Å². The highest BCUT2D eigenvalue weighted by atomic mass is 79.9. The number of alkyl halides is 3. The molecule has 0 saturated heterocycles. The second kappa shape index (κ2) is 6.77. The minimum absolute atomic E-state index is 0.278. The molecular formula is C12H3BrF3N5O2. The third kappa shape index (κ3) is 3.96. The Morgan fingerprint density at radius 3 is 2.17 bits per heavy atom. The Hall–Kier alpha value is -3.10. The molecule has 1 N–H and O–H groups in total. The first-order valence-electron chi connectivity index (χ1n) is 5.42. The Balaban J connectivity index is 3.59. The summed E-state index contributed by atoms with van der Waals surface area (Å²) < 4.78 is 37.7. The molecule has 23 heavy (non-hydrogen) atoms. The van der Waals surface area contributed by atoms with Gasteiger partial charge < -0.3 is 5.32 Å². The fourth-order valence-corrected chi connectivity index (χ4v) is 1.98. The van der Waals surface area contributed by atoms with Crippen LogP contribution in [0.5, 0.6) is 0 Å². The molecule has 0 atom stereocenters. The average Bonchev–Trinajstić information content (AvgIpc) is 2.47. The van der Waals surface area contributed by atoms with Crippen molar-refractivity contribution in [1.82, 2.24) is 0 Å². The van der Waals surface area contributed by atoms with Gasteiger partial charge in [0, 0.05) is 10.5 Å². The third-order valence-electron chi connectivity index (χ3n) is 2.43. The first-order valence-corrected chi connectivity index (χ1v) is 6.21. The Labute approximate surface area is 135 Å². The Morgan fingerprint density at radius 1 is 1.22 bits per heavy atom. The quantitative estimate of drug-likeness (QED) is 0.480. The van der Waals surface area contributed by atoms with Gasteiger partial charge in [0.15, 0.2) is 5.57 Å². The van der Waals surface area contributed by atoms with E-state index in [-0.39, 0.29) is 10.5 Å². The maximum Gasteiger partial charge on any atom is 0.416 e. The summed E-state index contributed by atoms with van der Waals surface area (Å²) in [6.07, 6.45) is -4.82. The number of anilines is 1. The van der Waals surface area contributed by atoms with E-state index in [0.29, 0.717) is 6.07 Å². The van der Waals surface area contributed by atoms with Crippen LogP contribution in [0.1, 0.15) is 5.56 Å². The monoisotopic (exact) mass is 385 g/mol. The summed E-state index contributed by atoms with van der Waals surface area (Å²) >= 11 is 2.74. The maximum atomic E-state index is 12.7. The molecule has 7 nitrogen and oxygen atoms in total. The Bertz CT molecular complexity index is 811. The van der Waals surface area contributed by atoms with Crippen molar-refractivity contribution in [3.63, 3.8) is 0 Å². The number of nitriles is 3. The van der Waals surface area contributed by atoms with Crippen LogP contribution in [-0.4, -0.2) is 4.92 Å². The molecule has 0 aliphatic heterocycles. The highest BCUT2D eigenvalue weighted by Crippen LogP contribution is 2.40. The normalized spacial score (nSPS) is 9.96. The molecule has 0 bridgehead atoms. The fraction of sp³-hybridized carbons (Fsp3) is 0.0833. The van der Waals surface area contributed by atoms with E-state index in [4.69, 9.17) is 15.8 Å². The minimum atomic E-state index is -4.82. The summed E-state index contributed by atoms with van der Waals surface area (Å²) in [4.78, 5) is 9.89. The van der Waals surface area contributed by atoms with E-state index in [1.54, 1.807) is 0 Å². The number of nitro benzene ring substituents is 1. The van der Waals surface area contributed by atoms with E-state index < -0.39 is 39.3 Å². The number of nitrogens with one attached hydrogen (secondary N) is 1. The van der Waals surface area contributed by atoms with Crippen LogP contribution in [0.25, 0.3) is 0 Å². The Morgan fingerprint density at radius 2 is 1.78 bits per heavy atom. The second-order valence-electron chi connectivity index (χ2n) is 3.82. The molecule has 1 aromatic rings. The van der Waals surface area contributed by atoms with Gasteiger partial charge in [-0.05, 0) is 22.0 Å². The molecular weight excluding hydrogens is 383 g/mol. The highest BCUT2D eigenvalue weighted by molar-refractivity contribution is 9.10. The first-order chi connectivity index (χ1) is 10.6. The van der Waals surface area contributed by atoms with Crippen LogP contribution in [0.3, 0.4) is 0 Å². The summed E-state index contributed by atoms with van der Waals surface area (Å²) in [7, 11) is 0. The molecule has 0 radical (unpaired) electrons. The van der Waals surface area contributed by atoms with Crippen LogP contribution >= 0.6 is 15.9 Å². The van der Waals surface area contributed by atoms with Crippen molar-refractivity contribution in [1.29, 1.82) is 15.8 Å². The van der Waals surface area contributed by atoms with Crippen LogP contribution in [0, 0.1) is 44.1 Å². The molecule has 0 aliphatic carbocycles. The molecule has 1 rings (SSSR count). The van der Waals surface area contributed by atoms with E-state index in [0.717, 1.165) is 0 Å². The van der Waals surface area contributed by atoms with Gasteiger partial charge in [0.05, 0.1) is 10.5 Å². The molecule has 0 unspecified atom stereocenters. The average molecular weight is 386 g/mol. The number of hydrogen-bond donors (Lipinski definition) is 1. The molecule has 0 saturated carbocycles. The van der Waals surface area contributed by atoms with Gasteiger partial charge in [-0.3, -0.25) is 10.1 Å². The predicted molar refractivity (Wildman–Crippen MR) is 73.3 cm³/mol. The number of rotatable bonds is 3. The topological polar surface area (TPSA) is 127 Å². The van der Waals surface area contributed by atoms with Gasteiger partial charge in [-0.25, -0.2) is 0 Å². The van der Waals surface area contributed by atoms with Crippen molar-refractivity contribution in [2.75, 3.05) is 5.32 Å². The number of nitrogens with zero attached hydrogens (tertiary/aromatic N) is 4. The summed E-state index contributed by atoms with van der Waals surface area (Å²) in [5.74, 6) is 0. The molecule has 11 heteroatoms. The molecule has 0 spiro atoms. The van der Waals surface area contributed by atoms with Gasteiger partial charge in [0.1, 0.15) is 29.6 Å². The fourth-order valence-electron chi connectivity index (χ4n) is 1.43. The lowest BCUT2D eigenvalue weighted by molar-refractivity contribution is -0.384. The number of allylic oxidation sites excluding steroid dienone is 2. The lowest BCUT2D eigenvalue weighted by Gasteiger charge is -2.12. The van der Waals surface area contributed by atoms with Crippen LogP contribution in [0.2, 0.25) is 0 Å². The van der Waals surface area contributed by atoms with Crippen LogP contribution < -0.4 is 5.32 Å². The number of benzene rings is 1. The van der Waals surface area contributed by atoms with Gasteiger partial charge in [0.2, 0.25) is 0 Å². The smallest absolute Gasteiger partial charge is 0.339 e. The van der Waals surface area contributed by atoms with E-state index in [2.05, 4.69) is 21.2 Å². The van der Waals surface area contributed by atoms with Crippen LogP contribution in [-0.2, 0) is 6.18 Å². The second-order valence-corrected chi connectivity index (χ2v) is 4.67. The van der Waals surface area contributed by atoms with Gasteiger partial charge in [-0.2, -0.15) is 29.0 Å². The van der Waals surface area contributed by atoms with E-state index in [1.807, 2.05) is 0 Å². The lowest BCUT2D eigenvalue weighted by atomic mass is 10.1. The number of halogens is 4. The molecule has 1 aromatic carbocycles. The lowest BCUT2D eigenvalue weighted by Crippen LogP contribution is -2.09. The minimum Gasteiger partial charge on any atom is -0.339 e. The predicted octanol–water partition coefficient (Wildman–Crippen LogP) is 3.61. The molecule has 116 valence electrons. The standard InChI is InChI=1S/C12H3BrF3N5O2/c13-8-1-7(12(14,15)16)2-10(21(22)23)11(8)20-9(5-19)6(3-17)4-18/h1-2,20H. The van der Waals surface area contributed by atoms with Crippen LogP contribution in [0.15, 0.2) is 27.9 Å². The zero-order valence-electron chi connectivity index (χ0n) is 10.8. The summed E-state index contributed by atoms with van der Waals surface area (Å²) in [5, 5.41) is 39.4. The third-order valence-corrected chi connectivity index (χ3v) is 3.05. The zero-order valence-corrected chi connectivity index (χ0v) is 12.4. The van der Waals surface area contributed by atoms with Crippen molar-refractivity contribution in [2.45, 2.75) is 6.18 Å². The molecule has 0 heterocycles. The van der Waals surface area contributed by atoms with Crippen molar-refractivity contribution >= 4 is 27.3 Å². The van der Waals surface area contributed by atoms with E-state index >= 15 is 0 Å². The highest BCUT2D eigenvalue weighted by Gasteiger charge is 2.34. The zero-order chi connectivity index (χ0) is 17.8. The van der Waals surface area contributed by atoms with Crippen molar-refractivity contribution < 1.29 is 18.1 Å². The molecule has 0 amide bonds. The largest absolute Gasteiger partial charge is 0.416 e. The SMILES string of the molecule is N#CC(C#N)=C(C#N)Nc1c(Br)cc(C(F)(F)F)cc1[N+](=O)[O-]. The van der Waals surface area contributed by atoms with Gasteiger partial charge in [-0.1, -0.05) is 0 Å². The van der Waals surface area contributed by atoms with E-state index in [1.165, 1.54) is 18.2 Å². The number of hydrogen-bond acceptors (Lipinski definition) is 6. The first kappa shape index (κ1) is 18.0. The summed E-state index contributed by atoms with van der Waals surface area (Å²) in [5.41, 5.74) is -4.03. The van der Waals surface area contributed by atoms with Gasteiger partial charge in [0.25, 0.3) is 5.69 Å². The van der Waals surface area contributed by atoms with Crippen molar-refractivity contribution in [3.8, 4) is 18.2 Å². The maximum absolute atomic E-state index is 12.7. The van der Waals surface area contributed by atoms with Gasteiger partial charge >= 0.3 is 6.18 Å². The molecule has 0 aromatic heterocycles. The molecule has 0 fully saturated rings. The number of nitro groups is 1.